The third kappa shape index (κ3) is 1120. The Kier molecular flexibility index (Phi) is 6.02. The summed E-state index contributed by atoms with van der Waals surface area (Å²) < 4.78 is 26.4. The first-order valence-electron chi connectivity index (χ1n) is 2.78. The molecule has 5 heteroatoms. The van der Waals surface area contributed by atoms with Crippen molar-refractivity contribution < 1.29 is 13.0 Å². The van der Waals surface area contributed by atoms with Crippen molar-refractivity contribution in [2.45, 2.75) is 24.3 Å². The van der Waals surface area contributed by atoms with Gasteiger partial charge in [0.1, 0.15) is 0 Å². The quantitative estimate of drug-likeness (QED) is 0.441. The molecule has 0 rings (SSSR count). The Labute approximate surface area is 75.4 Å². The van der Waals surface area contributed by atoms with Gasteiger partial charge in [0.15, 0.2) is 0 Å². The highest BCUT2D eigenvalue weighted by atomic mass is 32.2. The van der Waals surface area contributed by atoms with Gasteiger partial charge in [0.25, 0.3) is 13.7 Å². The zero-order valence-electron chi connectivity index (χ0n) is 6.88. The van der Waals surface area contributed by atoms with Crippen LogP contribution in [0.2, 0.25) is 3.54 Å². The minimum Gasteiger partial charge on any atom is -0.286 e. The molecule has 10 heavy (non-hydrogen) atoms. The summed E-state index contributed by atoms with van der Waals surface area (Å²) in [6.45, 7) is 6.60. The Morgan fingerprint density at radius 2 is 1.30 bits per heavy atom. The lowest BCUT2D eigenvalue weighted by atomic mass is 10.2. The summed E-state index contributed by atoms with van der Waals surface area (Å²) in [6.07, 6.45) is 0.715. The van der Waals surface area contributed by atoms with E-state index in [1.165, 1.54) is 0 Å². The molecule has 0 fully saturated rings. The molecule has 0 spiro atoms. The van der Waals surface area contributed by atoms with Gasteiger partial charge in [0, 0.05) is 20.8 Å². The maximum absolute atomic E-state index is 9.19. The second-order valence-corrected chi connectivity index (χ2v) is 6.88. The van der Waals surface area contributed by atoms with Crippen LogP contribution in [0.4, 0.5) is 0 Å². The number of hydrogen-bond acceptors (Lipinski definition) is 2. The lowest BCUT2D eigenvalue weighted by Crippen LogP contribution is -1.90. The van der Waals surface area contributed by atoms with Gasteiger partial charge in [-0.25, -0.2) is 0 Å². The van der Waals surface area contributed by atoms with Crippen molar-refractivity contribution in [3.63, 3.8) is 0 Å². The molecule has 0 unspecified atom stereocenters. The van der Waals surface area contributed by atoms with E-state index in [0.717, 1.165) is 0 Å². The van der Waals surface area contributed by atoms with Crippen molar-refractivity contribution in [2.24, 2.45) is 0 Å². The molecule has 0 atom stereocenters. The Hall–Kier alpha value is 0.676. The molecule has 0 heterocycles. The lowest BCUT2D eigenvalue weighted by Gasteiger charge is -1.74. The van der Waals surface area contributed by atoms with Crippen LogP contribution in [0.1, 0.15) is 20.8 Å². The monoisotopic (exact) mass is 177 g/mol. The van der Waals surface area contributed by atoms with Crippen LogP contribution in [-0.4, -0.2) is 40.9 Å². The van der Waals surface area contributed by atoms with Crippen LogP contribution in [-0.2, 0) is 10.1 Å². The topological polar surface area (TPSA) is 54.4 Å². The van der Waals surface area contributed by atoms with Gasteiger partial charge in [-0.2, -0.15) is 8.42 Å². The predicted molar refractivity (Wildman–Crippen MR) is 42.9 cm³/mol. The summed E-state index contributed by atoms with van der Waals surface area (Å²) in [6, 6.07) is 0. The number of hydrogen-bond donors (Lipinski definition) is 1. The fourth-order valence-corrected chi connectivity index (χ4v) is 0. The van der Waals surface area contributed by atoms with Gasteiger partial charge in [-0.15, -0.1) is 0 Å². The van der Waals surface area contributed by atoms with Crippen molar-refractivity contribution in [1.29, 1.82) is 0 Å². The molecule has 1 N–H and O–H groups in total. The lowest BCUT2D eigenvalue weighted by molar-refractivity contribution is 0.490. The summed E-state index contributed by atoms with van der Waals surface area (Å²) in [5.41, 5.74) is 0. The average molecular weight is 178 g/mol. The maximum atomic E-state index is 9.19. The van der Waals surface area contributed by atoms with Crippen LogP contribution >= 0.6 is 0 Å². The SMILES string of the molecule is CS(=O)(=O)O.C[C](C)(C)[Mg+2]. The van der Waals surface area contributed by atoms with Gasteiger partial charge in [-0.1, -0.05) is 0 Å². The highest BCUT2D eigenvalue weighted by Crippen LogP contribution is 2.13. The average Bonchev–Trinajstić information content (AvgIpc) is 1.12. The minimum atomic E-state index is -3.67. The normalized spacial score (nSPS) is 11.8. The van der Waals surface area contributed by atoms with Crippen LogP contribution in [0.25, 0.3) is 0 Å². The smallest absolute Gasteiger partial charge is 0.286 e. The van der Waals surface area contributed by atoms with Crippen LogP contribution in [0.3, 0.4) is 0 Å². The number of rotatable bonds is 0. The third-order valence-corrected chi connectivity index (χ3v) is 0. The molecule has 0 aliphatic heterocycles. The van der Waals surface area contributed by atoms with Gasteiger partial charge >= 0.3 is 21.7 Å². The van der Waals surface area contributed by atoms with Gasteiger partial charge < -0.3 is 0 Å². The largest absolute Gasteiger partial charge is 1.42 e. The summed E-state index contributed by atoms with van der Waals surface area (Å²) in [4.78, 5) is 0. The van der Waals surface area contributed by atoms with Crippen LogP contribution in [0.15, 0.2) is 0 Å². The van der Waals surface area contributed by atoms with Crippen molar-refractivity contribution in [1.82, 2.24) is 0 Å². The van der Waals surface area contributed by atoms with Gasteiger partial charge in [0.05, 0.1) is 6.26 Å². The molecule has 57 valence electrons. The molecule has 0 amide bonds. The first kappa shape index (κ1) is 13.3. The standard InChI is InChI=1S/C4H9.CH4O3S.Mg/c1-4(2)3;1-5(2,3)4;/h1-3H3;1H3,(H,2,3,4);/q;;+2. The van der Waals surface area contributed by atoms with E-state index < -0.39 is 10.1 Å². The summed E-state index contributed by atoms with van der Waals surface area (Å²) in [7, 11) is -3.67. The van der Waals surface area contributed by atoms with Gasteiger partial charge in [-0.3, -0.25) is 4.55 Å². The molecule has 0 bridgehead atoms. The Bertz CT molecular complexity index is 152. The molecule has 0 saturated carbocycles. The predicted octanol–water partition coefficient (Wildman–Crippen LogP) is 0.877. The molecule has 0 aliphatic rings. The zero-order chi connectivity index (χ0) is 9.00. The van der Waals surface area contributed by atoms with Gasteiger partial charge in [0.2, 0.25) is 0 Å². The summed E-state index contributed by atoms with van der Waals surface area (Å²) in [5, 5.41) is 0. The van der Waals surface area contributed by atoms with E-state index in [2.05, 4.69) is 20.8 Å². The highest BCUT2D eigenvalue weighted by Gasteiger charge is 2.46. The van der Waals surface area contributed by atoms with E-state index in [-0.39, 0.29) is 0 Å². The molecule has 0 aromatic heterocycles. The highest BCUT2D eigenvalue weighted by molar-refractivity contribution is 7.85. The molecule has 3 nitrogen and oxygen atoms in total. The van der Waals surface area contributed by atoms with Crippen molar-refractivity contribution in [3.05, 3.63) is 0 Å². The maximum Gasteiger partial charge on any atom is 1.42 e. The van der Waals surface area contributed by atoms with Crippen molar-refractivity contribution in [3.8, 4) is 0 Å². The van der Waals surface area contributed by atoms with E-state index in [1.54, 1.807) is 0 Å². The minimum absolute atomic E-state index is 0.528. The molecular formula is C5H13MgO3S+2. The van der Waals surface area contributed by atoms with E-state index in [0.29, 0.717) is 9.80 Å². The Morgan fingerprint density at radius 1 is 1.30 bits per heavy atom. The fourth-order valence-electron chi connectivity index (χ4n) is 0. The summed E-state index contributed by atoms with van der Waals surface area (Å²) >= 11 is 2.01. The summed E-state index contributed by atoms with van der Waals surface area (Å²) in [5.74, 6) is 0. The van der Waals surface area contributed by atoms with E-state index in [9.17, 15) is 8.42 Å². The molecule has 0 aromatic carbocycles. The molecule has 7 radical (unpaired) electrons. The van der Waals surface area contributed by atoms with E-state index in [4.69, 9.17) is 4.55 Å². The first-order chi connectivity index (χ1) is 4.00. The van der Waals surface area contributed by atoms with E-state index in [1.807, 2.05) is 21.7 Å². The van der Waals surface area contributed by atoms with E-state index >= 15 is 0 Å². The third-order valence-electron chi connectivity index (χ3n) is 0. The molecule has 0 aromatic rings. The zero-order valence-corrected chi connectivity index (χ0v) is 9.11. The second-order valence-electron chi connectivity index (χ2n) is 3.29. The van der Waals surface area contributed by atoms with Crippen LogP contribution < -0.4 is 0 Å². The first-order valence-corrected chi connectivity index (χ1v) is 5.33. The van der Waals surface area contributed by atoms with Crippen molar-refractivity contribution in [2.75, 3.05) is 6.26 Å². The molecular weight excluding hydrogens is 164 g/mol. The molecule has 0 aliphatic carbocycles. The van der Waals surface area contributed by atoms with Crippen molar-refractivity contribution >= 4 is 31.8 Å². The second kappa shape index (κ2) is 4.53. The van der Waals surface area contributed by atoms with Crippen LogP contribution in [0.5, 0.6) is 0 Å². The molecule has 0 saturated heterocycles. The van der Waals surface area contributed by atoms with Gasteiger partial charge in [-0.05, 0) is 0 Å². The Balaban J connectivity index is 0. The Morgan fingerprint density at radius 3 is 1.30 bits per heavy atom. The fraction of sp³-hybridized carbons (Fsp3) is 1.00. The van der Waals surface area contributed by atoms with Crippen LogP contribution in [0, 0.1) is 0 Å².